The highest BCUT2D eigenvalue weighted by molar-refractivity contribution is 5.05. The molecule has 0 aromatic carbocycles. The van der Waals surface area contributed by atoms with Crippen molar-refractivity contribution in [1.29, 1.82) is 0 Å². The molecule has 1 rings (SSSR count). The lowest BCUT2D eigenvalue weighted by molar-refractivity contribution is 0.0517. The first kappa shape index (κ1) is 11.5. The molecule has 0 fully saturated rings. The Hall–Kier alpha value is -0.540. The fourth-order valence-electron chi connectivity index (χ4n) is 1.42. The van der Waals surface area contributed by atoms with Gasteiger partial charge in [0.25, 0.3) is 0 Å². The monoisotopic (exact) mass is 199 g/mol. The largest absolute Gasteiger partial charge is 0.497 e. The average molecular weight is 199 g/mol. The zero-order valence-electron chi connectivity index (χ0n) is 9.38. The number of nitrogens with one attached hydrogen (secondary N) is 1. The Balaban J connectivity index is 2.39. The Morgan fingerprint density at radius 1 is 1.57 bits per heavy atom. The Morgan fingerprint density at radius 2 is 2.36 bits per heavy atom. The minimum absolute atomic E-state index is 0.206. The summed E-state index contributed by atoms with van der Waals surface area (Å²) in [6.07, 6.45) is 4.68. The fraction of sp³-hybridized carbons (Fsp3) is 0.818. The predicted molar refractivity (Wildman–Crippen MR) is 57.2 cm³/mol. The topological polar surface area (TPSA) is 30.5 Å². The van der Waals surface area contributed by atoms with Gasteiger partial charge in [-0.15, -0.1) is 0 Å². The van der Waals surface area contributed by atoms with Crippen LogP contribution in [-0.2, 0) is 9.47 Å². The molecule has 0 radical (unpaired) electrons. The Kier molecular flexibility index (Phi) is 4.98. The summed E-state index contributed by atoms with van der Waals surface area (Å²) in [6, 6.07) is 0.206. The molecular weight excluding hydrogens is 178 g/mol. The molecule has 0 aromatic heterocycles. The maximum Gasteiger partial charge on any atom is 0.111 e. The average Bonchev–Trinajstić information content (AvgIpc) is 2.20. The summed E-state index contributed by atoms with van der Waals surface area (Å²) in [5, 5.41) is 3.21. The third kappa shape index (κ3) is 3.68. The smallest absolute Gasteiger partial charge is 0.111 e. The molecule has 1 unspecified atom stereocenters. The third-order valence-electron chi connectivity index (χ3n) is 2.25. The van der Waals surface area contributed by atoms with Crippen molar-refractivity contribution in [3.05, 3.63) is 11.8 Å². The first-order valence-corrected chi connectivity index (χ1v) is 5.35. The minimum Gasteiger partial charge on any atom is -0.497 e. The summed E-state index contributed by atoms with van der Waals surface area (Å²) < 4.78 is 11.1. The second kappa shape index (κ2) is 6.04. The lowest BCUT2D eigenvalue weighted by Crippen LogP contribution is -2.35. The molecule has 1 aliphatic heterocycles. The molecule has 0 spiro atoms. The summed E-state index contributed by atoms with van der Waals surface area (Å²) in [6.45, 7) is 5.61. The van der Waals surface area contributed by atoms with E-state index in [2.05, 4.69) is 11.4 Å². The van der Waals surface area contributed by atoms with Crippen molar-refractivity contribution in [1.82, 2.24) is 5.32 Å². The van der Waals surface area contributed by atoms with E-state index in [1.807, 2.05) is 20.9 Å². The molecule has 3 heteroatoms. The van der Waals surface area contributed by atoms with Gasteiger partial charge in [-0.2, -0.15) is 0 Å². The lowest BCUT2D eigenvalue weighted by atomic mass is 10.1. The van der Waals surface area contributed by atoms with Crippen molar-refractivity contribution in [3.63, 3.8) is 0 Å². The summed E-state index contributed by atoms with van der Waals surface area (Å²) in [5.41, 5.74) is 0. The summed E-state index contributed by atoms with van der Waals surface area (Å²) in [4.78, 5) is 0. The van der Waals surface area contributed by atoms with Crippen molar-refractivity contribution in [2.24, 2.45) is 0 Å². The summed E-state index contributed by atoms with van der Waals surface area (Å²) in [7, 11) is 1.94. The van der Waals surface area contributed by atoms with Crippen LogP contribution in [0.4, 0.5) is 0 Å². The van der Waals surface area contributed by atoms with Gasteiger partial charge in [-0.1, -0.05) is 0 Å². The Bertz CT molecular complexity index is 190. The van der Waals surface area contributed by atoms with Crippen molar-refractivity contribution >= 4 is 0 Å². The Labute approximate surface area is 86.5 Å². The second-order valence-corrected chi connectivity index (χ2v) is 3.82. The maximum absolute atomic E-state index is 5.58. The second-order valence-electron chi connectivity index (χ2n) is 3.82. The van der Waals surface area contributed by atoms with E-state index in [0.29, 0.717) is 6.61 Å². The lowest BCUT2D eigenvalue weighted by Gasteiger charge is -2.24. The number of rotatable bonds is 5. The van der Waals surface area contributed by atoms with Crippen LogP contribution in [0.3, 0.4) is 0 Å². The van der Waals surface area contributed by atoms with Crippen LogP contribution in [0.25, 0.3) is 0 Å². The van der Waals surface area contributed by atoms with Gasteiger partial charge in [-0.25, -0.2) is 0 Å². The van der Waals surface area contributed by atoms with E-state index in [9.17, 15) is 0 Å². The highest BCUT2D eigenvalue weighted by atomic mass is 16.5. The van der Waals surface area contributed by atoms with Crippen molar-refractivity contribution in [2.45, 2.75) is 38.8 Å². The molecule has 1 heterocycles. The van der Waals surface area contributed by atoms with Gasteiger partial charge in [0.2, 0.25) is 0 Å². The molecule has 0 aromatic rings. The van der Waals surface area contributed by atoms with Crippen LogP contribution in [0, 0.1) is 0 Å². The number of likely N-dealkylation sites (N-methyl/N-ethyl adjacent to an activating group) is 1. The predicted octanol–water partition coefficient (Wildman–Crippen LogP) is 1.69. The molecule has 82 valence electrons. The van der Waals surface area contributed by atoms with Crippen LogP contribution in [0.2, 0.25) is 0 Å². The number of hydrogen-bond acceptors (Lipinski definition) is 3. The fourth-order valence-corrected chi connectivity index (χ4v) is 1.42. The molecule has 0 saturated heterocycles. The van der Waals surface area contributed by atoms with Gasteiger partial charge in [-0.05, 0) is 39.8 Å². The van der Waals surface area contributed by atoms with E-state index >= 15 is 0 Å². The van der Waals surface area contributed by atoms with E-state index in [-0.39, 0.29) is 12.1 Å². The zero-order valence-corrected chi connectivity index (χ0v) is 9.38. The number of hydrogen-bond donors (Lipinski definition) is 1. The molecule has 0 saturated carbocycles. The molecule has 0 aliphatic carbocycles. The molecule has 14 heavy (non-hydrogen) atoms. The highest BCUT2D eigenvalue weighted by Crippen LogP contribution is 2.14. The first-order chi connectivity index (χ1) is 6.74. The molecular formula is C11H21NO2. The summed E-state index contributed by atoms with van der Waals surface area (Å²) >= 11 is 0. The molecule has 1 N–H and O–H groups in total. The molecule has 0 amide bonds. The first-order valence-electron chi connectivity index (χ1n) is 5.35. The van der Waals surface area contributed by atoms with Gasteiger partial charge in [0.1, 0.15) is 5.76 Å². The van der Waals surface area contributed by atoms with Gasteiger partial charge < -0.3 is 14.8 Å². The van der Waals surface area contributed by atoms with Crippen molar-refractivity contribution in [3.8, 4) is 0 Å². The highest BCUT2D eigenvalue weighted by Gasteiger charge is 2.16. The molecule has 1 aliphatic rings. The number of allylic oxidation sites excluding steroid dienone is 1. The van der Waals surface area contributed by atoms with E-state index in [1.165, 1.54) is 0 Å². The van der Waals surface area contributed by atoms with Gasteiger partial charge in [0.15, 0.2) is 0 Å². The van der Waals surface area contributed by atoms with Crippen LogP contribution in [0.5, 0.6) is 0 Å². The summed E-state index contributed by atoms with van der Waals surface area (Å²) in [5.74, 6) is 1.04. The van der Waals surface area contributed by atoms with Crippen LogP contribution in [0.15, 0.2) is 11.8 Å². The molecule has 1 atom stereocenters. The van der Waals surface area contributed by atoms with Crippen LogP contribution >= 0.6 is 0 Å². The van der Waals surface area contributed by atoms with Crippen LogP contribution < -0.4 is 5.32 Å². The van der Waals surface area contributed by atoms with Crippen LogP contribution in [-0.4, -0.2) is 32.4 Å². The normalized spacial score (nSPS) is 19.0. The van der Waals surface area contributed by atoms with E-state index in [4.69, 9.17) is 9.47 Å². The van der Waals surface area contributed by atoms with Crippen molar-refractivity contribution in [2.75, 3.05) is 20.3 Å². The standard InChI is InChI=1S/C11H21NO2/c1-9(2)14-8-10(12-3)11-6-4-5-7-13-11/h6,9-10,12H,4-5,7-8H2,1-3H3. The molecule has 3 nitrogen and oxygen atoms in total. The maximum atomic E-state index is 5.58. The van der Waals surface area contributed by atoms with E-state index in [1.54, 1.807) is 0 Å². The van der Waals surface area contributed by atoms with E-state index in [0.717, 1.165) is 25.2 Å². The quantitative estimate of drug-likeness (QED) is 0.731. The molecule has 0 bridgehead atoms. The third-order valence-corrected chi connectivity index (χ3v) is 2.25. The number of ether oxygens (including phenoxy) is 2. The van der Waals surface area contributed by atoms with E-state index < -0.39 is 0 Å². The van der Waals surface area contributed by atoms with Gasteiger partial charge in [-0.3, -0.25) is 0 Å². The minimum atomic E-state index is 0.206. The SMILES string of the molecule is CNC(COC(C)C)C1=CCCCO1. The van der Waals surface area contributed by atoms with Crippen LogP contribution in [0.1, 0.15) is 26.7 Å². The van der Waals surface area contributed by atoms with Gasteiger partial charge in [0, 0.05) is 0 Å². The van der Waals surface area contributed by atoms with Gasteiger partial charge in [0.05, 0.1) is 25.4 Å². The Morgan fingerprint density at radius 3 is 2.86 bits per heavy atom. The van der Waals surface area contributed by atoms with Crippen molar-refractivity contribution < 1.29 is 9.47 Å². The zero-order chi connectivity index (χ0) is 10.4. The van der Waals surface area contributed by atoms with Gasteiger partial charge >= 0.3 is 0 Å².